The molecule has 3 N–H and O–H groups in total. The third-order valence-corrected chi connectivity index (χ3v) is 4.95. The predicted octanol–water partition coefficient (Wildman–Crippen LogP) is 2.62. The number of anilines is 1. The smallest absolute Gasteiger partial charge is 0.286 e. The Kier molecular flexibility index (Phi) is 8.33. The number of ketones is 1. The standard InChI is InChI=1S/C23H28N6O4.ClH/c1-13(2)17(18(31)20-27-28-22(33-20)23(3,4)5)26-16(30)12-29-19(14-9-7-6-8-10-14)25-11-15(24)21(29)32;/h6-11,13,17H,12,24H2,1-5H3,(H,26,30);1H. The zero-order valence-electron chi connectivity index (χ0n) is 19.7. The van der Waals surface area contributed by atoms with Gasteiger partial charge in [0.05, 0.1) is 12.2 Å². The van der Waals surface area contributed by atoms with Crippen molar-refractivity contribution in [3.05, 3.63) is 58.7 Å². The number of aromatic nitrogens is 4. The molecule has 0 fully saturated rings. The quantitative estimate of drug-likeness (QED) is 0.482. The first-order chi connectivity index (χ1) is 15.5. The second-order valence-electron chi connectivity index (χ2n) is 9.11. The number of rotatable bonds is 7. The van der Waals surface area contributed by atoms with E-state index in [2.05, 4.69) is 20.5 Å². The van der Waals surface area contributed by atoms with E-state index in [0.717, 1.165) is 0 Å². The van der Waals surface area contributed by atoms with Crippen molar-refractivity contribution in [3.63, 3.8) is 0 Å². The van der Waals surface area contributed by atoms with Gasteiger partial charge in [-0.25, -0.2) is 4.98 Å². The van der Waals surface area contributed by atoms with Gasteiger partial charge in [0.1, 0.15) is 18.1 Å². The first kappa shape index (κ1) is 26.7. The summed E-state index contributed by atoms with van der Waals surface area (Å²) in [5.74, 6) is -0.872. The van der Waals surface area contributed by atoms with Gasteiger partial charge in [-0.05, 0) is 5.92 Å². The second-order valence-corrected chi connectivity index (χ2v) is 9.11. The Labute approximate surface area is 203 Å². The minimum Gasteiger partial charge on any atom is -0.418 e. The van der Waals surface area contributed by atoms with Crippen molar-refractivity contribution in [1.29, 1.82) is 0 Å². The molecule has 34 heavy (non-hydrogen) atoms. The molecule has 1 amide bonds. The van der Waals surface area contributed by atoms with Crippen LogP contribution in [0.15, 0.2) is 45.7 Å². The molecule has 1 atom stereocenters. The van der Waals surface area contributed by atoms with Gasteiger partial charge in [0, 0.05) is 11.0 Å². The third kappa shape index (κ3) is 5.88. The van der Waals surface area contributed by atoms with E-state index in [1.165, 1.54) is 10.8 Å². The van der Waals surface area contributed by atoms with Crippen LogP contribution < -0.4 is 16.6 Å². The van der Waals surface area contributed by atoms with Crippen molar-refractivity contribution in [2.45, 2.75) is 52.6 Å². The molecule has 0 saturated carbocycles. The molecule has 1 unspecified atom stereocenters. The molecule has 182 valence electrons. The molecule has 0 spiro atoms. The highest BCUT2D eigenvalue weighted by molar-refractivity contribution is 5.98. The summed E-state index contributed by atoms with van der Waals surface area (Å²) in [6.45, 7) is 8.87. The van der Waals surface area contributed by atoms with E-state index < -0.39 is 28.7 Å². The van der Waals surface area contributed by atoms with E-state index in [1.807, 2.05) is 26.8 Å². The van der Waals surface area contributed by atoms with E-state index in [9.17, 15) is 14.4 Å². The highest BCUT2D eigenvalue weighted by atomic mass is 35.5. The monoisotopic (exact) mass is 488 g/mol. The zero-order valence-corrected chi connectivity index (χ0v) is 20.5. The van der Waals surface area contributed by atoms with Crippen LogP contribution in [-0.2, 0) is 16.8 Å². The number of nitrogens with two attached hydrogens (primary N) is 1. The average molecular weight is 489 g/mol. The molecule has 0 saturated heterocycles. The summed E-state index contributed by atoms with van der Waals surface area (Å²) < 4.78 is 6.73. The maximum Gasteiger partial charge on any atom is 0.286 e. The van der Waals surface area contributed by atoms with Crippen LogP contribution in [0, 0.1) is 5.92 Å². The summed E-state index contributed by atoms with van der Waals surface area (Å²) in [6, 6.07) is 8.05. The molecule has 0 aliphatic rings. The van der Waals surface area contributed by atoms with Crippen LogP contribution in [0.4, 0.5) is 5.69 Å². The van der Waals surface area contributed by atoms with E-state index >= 15 is 0 Å². The Bertz CT molecular complexity index is 1210. The number of carbonyl (C=O) groups excluding carboxylic acids is 2. The van der Waals surface area contributed by atoms with Crippen LogP contribution in [0.2, 0.25) is 0 Å². The van der Waals surface area contributed by atoms with Gasteiger partial charge >= 0.3 is 0 Å². The number of hydrogen-bond donors (Lipinski definition) is 2. The lowest BCUT2D eigenvalue weighted by atomic mass is 9.97. The number of nitrogen functional groups attached to an aromatic ring is 1. The largest absolute Gasteiger partial charge is 0.418 e. The third-order valence-electron chi connectivity index (χ3n) is 4.95. The van der Waals surface area contributed by atoms with Gasteiger partial charge < -0.3 is 15.5 Å². The topological polar surface area (TPSA) is 146 Å². The van der Waals surface area contributed by atoms with E-state index in [1.54, 1.807) is 38.1 Å². The van der Waals surface area contributed by atoms with Gasteiger partial charge in [0.25, 0.3) is 11.4 Å². The van der Waals surface area contributed by atoms with Crippen molar-refractivity contribution in [2.75, 3.05) is 5.73 Å². The number of carbonyl (C=O) groups is 2. The summed E-state index contributed by atoms with van der Waals surface area (Å²) >= 11 is 0. The van der Waals surface area contributed by atoms with Crippen LogP contribution in [0.5, 0.6) is 0 Å². The van der Waals surface area contributed by atoms with Crippen LogP contribution >= 0.6 is 12.4 Å². The Balaban J connectivity index is 0.00000408. The molecule has 3 aromatic rings. The van der Waals surface area contributed by atoms with Gasteiger partial charge in [-0.15, -0.1) is 22.6 Å². The lowest BCUT2D eigenvalue weighted by Crippen LogP contribution is -2.46. The number of benzene rings is 1. The molecule has 0 aliphatic carbocycles. The second kappa shape index (κ2) is 10.6. The Morgan fingerprint density at radius 3 is 2.35 bits per heavy atom. The molecule has 0 radical (unpaired) electrons. The van der Waals surface area contributed by atoms with Gasteiger partial charge in [0.15, 0.2) is 0 Å². The first-order valence-corrected chi connectivity index (χ1v) is 10.6. The molecule has 11 heteroatoms. The zero-order chi connectivity index (χ0) is 24.3. The fraction of sp³-hybridized carbons (Fsp3) is 0.391. The minimum absolute atomic E-state index is 0. The molecule has 2 aromatic heterocycles. The lowest BCUT2D eigenvalue weighted by Gasteiger charge is -2.20. The molecule has 3 rings (SSSR count). The summed E-state index contributed by atoms with van der Waals surface area (Å²) in [4.78, 5) is 42.9. The Morgan fingerprint density at radius 2 is 1.79 bits per heavy atom. The highest BCUT2D eigenvalue weighted by Crippen LogP contribution is 2.21. The van der Waals surface area contributed by atoms with Crippen molar-refractivity contribution in [2.24, 2.45) is 5.92 Å². The van der Waals surface area contributed by atoms with E-state index in [-0.39, 0.29) is 36.4 Å². The average Bonchev–Trinajstić information content (AvgIpc) is 3.26. The summed E-state index contributed by atoms with van der Waals surface area (Å²) in [6.07, 6.45) is 1.27. The Morgan fingerprint density at radius 1 is 1.15 bits per heavy atom. The number of halogens is 1. The molecular weight excluding hydrogens is 460 g/mol. The molecule has 0 bridgehead atoms. The minimum atomic E-state index is -0.921. The highest BCUT2D eigenvalue weighted by Gasteiger charge is 2.31. The van der Waals surface area contributed by atoms with E-state index in [4.69, 9.17) is 10.2 Å². The van der Waals surface area contributed by atoms with E-state index in [0.29, 0.717) is 17.3 Å². The van der Waals surface area contributed by atoms with Crippen molar-refractivity contribution in [1.82, 2.24) is 25.1 Å². The maximum atomic E-state index is 13.0. The number of nitrogens with zero attached hydrogens (tertiary/aromatic N) is 4. The van der Waals surface area contributed by atoms with Crippen LogP contribution in [0.1, 0.15) is 51.2 Å². The summed E-state index contributed by atoms with van der Waals surface area (Å²) in [7, 11) is 0. The lowest BCUT2D eigenvalue weighted by molar-refractivity contribution is -0.122. The number of Topliss-reactive ketones (excluding diaryl/α,β-unsaturated/α-hetero) is 1. The maximum absolute atomic E-state index is 13.0. The first-order valence-electron chi connectivity index (χ1n) is 10.6. The van der Waals surface area contributed by atoms with Crippen molar-refractivity contribution < 1.29 is 14.0 Å². The fourth-order valence-corrected chi connectivity index (χ4v) is 3.13. The van der Waals surface area contributed by atoms with Crippen LogP contribution in [0.3, 0.4) is 0 Å². The molecule has 10 nitrogen and oxygen atoms in total. The SMILES string of the molecule is CC(C)C(NC(=O)Cn1c(-c2ccccc2)ncc(N)c1=O)C(=O)c1nnc(C(C)(C)C)o1.Cl. The molecule has 2 heterocycles. The predicted molar refractivity (Wildman–Crippen MR) is 130 cm³/mol. The summed E-state index contributed by atoms with van der Waals surface area (Å²) in [5.41, 5.74) is 5.35. The van der Waals surface area contributed by atoms with Gasteiger partial charge in [0.2, 0.25) is 17.6 Å². The number of amides is 1. The molecule has 1 aromatic carbocycles. The van der Waals surface area contributed by atoms with Crippen LogP contribution in [0.25, 0.3) is 11.4 Å². The molecule has 0 aliphatic heterocycles. The van der Waals surface area contributed by atoms with Crippen molar-refractivity contribution in [3.8, 4) is 11.4 Å². The fourth-order valence-electron chi connectivity index (χ4n) is 3.13. The number of nitrogens with one attached hydrogen (secondary N) is 1. The van der Waals surface area contributed by atoms with Gasteiger partial charge in [-0.1, -0.05) is 65.0 Å². The van der Waals surface area contributed by atoms with Gasteiger partial charge in [-0.2, -0.15) is 0 Å². The van der Waals surface area contributed by atoms with Crippen molar-refractivity contribution >= 4 is 29.8 Å². The van der Waals surface area contributed by atoms with Crippen LogP contribution in [-0.4, -0.2) is 37.5 Å². The Hall–Kier alpha value is -3.53. The van der Waals surface area contributed by atoms with Gasteiger partial charge in [-0.3, -0.25) is 19.0 Å². The molecular formula is C23H29ClN6O4. The normalized spacial score (nSPS) is 12.2. The number of hydrogen-bond acceptors (Lipinski definition) is 8. The summed E-state index contributed by atoms with van der Waals surface area (Å²) in [5, 5.41) is 10.5.